The first kappa shape index (κ1) is 14.7. The second-order valence-corrected chi connectivity index (χ2v) is 4.55. The Morgan fingerprint density at radius 1 is 1.67 bits per heavy atom. The summed E-state index contributed by atoms with van der Waals surface area (Å²) >= 11 is 1.14. The molecule has 0 aliphatic carbocycles. The second-order valence-electron chi connectivity index (χ2n) is 3.73. The molecular formula is C12H17NO4S. The Bertz CT molecular complexity index is 463. The van der Waals surface area contributed by atoms with Gasteiger partial charge < -0.3 is 9.47 Å². The number of carbonyl (C=O) groups excluding carboxylic acids is 1. The molecule has 0 radical (unpaired) electrons. The van der Waals surface area contributed by atoms with Gasteiger partial charge in [0.15, 0.2) is 6.10 Å². The van der Waals surface area contributed by atoms with Crippen LogP contribution in [0, 0.1) is 6.92 Å². The number of aromatic nitrogens is 1. The molecule has 1 rings (SSSR count). The molecular weight excluding hydrogens is 254 g/mol. The van der Waals surface area contributed by atoms with E-state index in [1.807, 2.05) is 6.92 Å². The van der Waals surface area contributed by atoms with Crippen LogP contribution in [0.25, 0.3) is 0 Å². The Labute approximate surface area is 110 Å². The number of hydrogen-bond donors (Lipinski definition) is 0. The number of rotatable bonds is 7. The smallest absolute Gasteiger partial charge is 0.335 e. The summed E-state index contributed by atoms with van der Waals surface area (Å²) in [5.74, 6) is -0.433. The van der Waals surface area contributed by atoms with Crippen LogP contribution in [-0.4, -0.2) is 29.9 Å². The van der Waals surface area contributed by atoms with Crippen molar-refractivity contribution in [2.45, 2.75) is 26.5 Å². The zero-order chi connectivity index (χ0) is 13.5. The molecule has 0 fully saturated rings. The molecule has 1 heterocycles. The van der Waals surface area contributed by atoms with Gasteiger partial charge in [-0.3, -0.25) is 9.36 Å². The van der Waals surface area contributed by atoms with Crippen molar-refractivity contribution in [1.82, 2.24) is 4.57 Å². The number of aryl methyl sites for hydroxylation is 1. The van der Waals surface area contributed by atoms with E-state index in [9.17, 15) is 9.59 Å². The zero-order valence-electron chi connectivity index (χ0n) is 10.5. The van der Waals surface area contributed by atoms with Crippen molar-refractivity contribution in [2.24, 2.45) is 0 Å². The first-order valence-electron chi connectivity index (χ1n) is 5.60. The molecule has 1 unspecified atom stereocenters. The number of ether oxygens (including phenoxy) is 2. The molecule has 100 valence electrons. The average Bonchev–Trinajstić information content (AvgIpc) is 2.67. The lowest BCUT2D eigenvalue weighted by molar-refractivity contribution is -0.155. The molecule has 0 N–H and O–H groups in total. The van der Waals surface area contributed by atoms with Crippen LogP contribution in [0.1, 0.15) is 12.6 Å². The SMILES string of the molecule is C=CCOC(C)C(=O)OCCn1c(C)csc1=O. The van der Waals surface area contributed by atoms with Gasteiger partial charge in [-0.15, -0.1) is 6.58 Å². The van der Waals surface area contributed by atoms with Crippen LogP contribution in [0.4, 0.5) is 0 Å². The van der Waals surface area contributed by atoms with Crippen LogP contribution < -0.4 is 4.87 Å². The monoisotopic (exact) mass is 271 g/mol. The minimum Gasteiger partial charge on any atom is -0.462 e. The highest BCUT2D eigenvalue weighted by molar-refractivity contribution is 7.07. The van der Waals surface area contributed by atoms with Gasteiger partial charge in [-0.2, -0.15) is 0 Å². The normalized spacial score (nSPS) is 12.1. The van der Waals surface area contributed by atoms with Crippen molar-refractivity contribution in [3.05, 3.63) is 33.4 Å². The maximum Gasteiger partial charge on any atom is 0.335 e. The lowest BCUT2D eigenvalue weighted by Gasteiger charge is -2.11. The maximum atomic E-state index is 11.5. The van der Waals surface area contributed by atoms with Gasteiger partial charge in [0.1, 0.15) is 6.61 Å². The Kier molecular flexibility index (Phi) is 5.80. The molecule has 1 atom stereocenters. The van der Waals surface area contributed by atoms with Crippen LogP contribution in [0.2, 0.25) is 0 Å². The molecule has 6 heteroatoms. The molecule has 0 bridgehead atoms. The fourth-order valence-electron chi connectivity index (χ4n) is 1.31. The van der Waals surface area contributed by atoms with Gasteiger partial charge in [0.05, 0.1) is 13.2 Å². The Hall–Kier alpha value is -1.40. The summed E-state index contributed by atoms with van der Waals surface area (Å²) < 4.78 is 11.7. The third kappa shape index (κ3) is 4.12. The first-order valence-corrected chi connectivity index (χ1v) is 6.48. The Balaban J connectivity index is 2.36. The van der Waals surface area contributed by atoms with Crippen molar-refractivity contribution in [1.29, 1.82) is 0 Å². The topological polar surface area (TPSA) is 57.5 Å². The van der Waals surface area contributed by atoms with E-state index in [1.165, 1.54) is 0 Å². The van der Waals surface area contributed by atoms with E-state index in [0.717, 1.165) is 17.0 Å². The summed E-state index contributed by atoms with van der Waals surface area (Å²) in [6.07, 6.45) is 0.946. The second kappa shape index (κ2) is 7.13. The largest absolute Gasteiger partial charge is 0.462 e. The van der Waals surface area contributed by atoms with Crippen molar-refractivity contribution >= 4 is 17.3 Å². The van der Waals surface area contributed by atoms with Crippen LogP contribution in [-0.2, 0) is 20.8 Å². The van der Waals surface area contributed by atoms with Crippen molar-refractivity contribution in [2.75, 3.05) is 13.2 Å². The third-order valence-corrected chi connectivity index (χ3v) is 3.21. The number of esters is 1. The van der Waals surface area contributed by atoms with Crippen molar-refractivity contribution in [3.63, 3.8) is 0 Å². The molecule has 18 heavy (non-hydrogen) atoms. The number of hydrogen-bond acceptors (Lipinski definition) is 5. The Morgan fingerprint density at radius 3 is 2.94 bits per heavy atom. The molecule has 5 nitrogen and oxygen atoms in total. The predicted octanol–water partition coefficient (Wildman–Crippen LogP) is 1.35. The number of carbonyl (C=O) groups is 1. The fraction of sp³-hybridized carbons (Fsp3) is 0.500. The van der Waals surface area contributed by atoms with Crippen LogP contribution in [0.15, 0.2) is 22.8 Å². The summed E-state index contributed by atoms with van der Waals surface area (Å²) in [6, 6.07) is 0. The highest BCUT2D eigenvalue weighted by atomic mass is 32.1. The molecule has 0 aromatic carbocycles. The van der Waals surface area contributed by atoms with Gasteiger partial charge in [-0.25, -0.2) is 4.79 Å². The molecule has 0 saturated heterocycles. The van der Waals surface area contributed by atoms with E-state index >= 15 is 0 Å². The van der Waals surface area contributed by atoms with Gasteiger partial charge >= 0.3 is 10.8 Å². The number of thiazole rings is 1. The fourth-order valence-corrected chi connectivity index (χ4v) is 2.07. The van der Waals surface area contributed by atoms with E-state index in [1.54, 1.807) is 22.9 Å². The van der Waals surface area contributed by atoms with Crippen molar-refractivity contribution in [3.8, 4) is 0 Å². The number of nitrogens with zero attached hydrogens (tertiary/aromatic N) is 1. The van der Waals surface area contributed by atoms with E-state index in [2.05, 4.69) is 6.58 Å². The third-order valence-electron chi connectivity index (χ3n) is 2.33. The van der Waals surface area contributed by atoms with Crippen LogP contribution >= 0.6 is 11.3 Å². The molecule has 1 aromatic rings. The van der Waals surface area contributed by atoms with Gasteiger partial charge in [-0.1, -0.05) is 17.4 Å². The summed E-state index contributed by atoms with van der Waals surface area (Å²) in [5, 5.41) is 1.78. The van der Waals surface area contributed by atoms with E-state index in [-0.39, 0.29) is 11.5 Å². The minimum absolute atomic E-state index is 0.0421. The first-order chi connectivity index (χ1) is 8.56. The van der Waals surface area contributed by atoms with E-state index in [0.29, 0.717) is 13.2 Å². The molecule has 0 amide bonds. The van der Waals surface area contributed by atoms with Gasteiger partial charge in [-0.05, 0) is 13.8 Å². The standard InChI is InChI=1S/C12H17NO4S/c1-4-6-16-10(3)11(14)17-7-5-13-9(2)8-18-12(13)15/h4,8,10H,1,5-7H2,2-3H3. The van der Waals surface area contributed by atoms with Crippen LogP contribution in [0.5, 0.6) is 0 Å². The van der Waals surface area contributed by atoms with Gasteiger partial charge in [0, 0.05) is 11.1 Å². The minimum atomic E-state index is -0.622. The quantitative estimate of drug-likeness (QED) is 0.555. The lowest BCUT2D eigenvalue weighted by atomic mass is 10.4. The van der Waals surface area contributed by atoms with Crippen molar-refractivity contribution < 1.29 is 14.3 Å². The summed E-state index contributed by atoms with van der Waals surface area (Å²) in [7, 11) is 0. The lowest BCUT2D eigenvalue weighted by Crippen LogP contribution is -2.26. The predicted molar refractivity (Wildman–Crippen MR) is 69.9 cm³/mol. The highest BCUT2D eigenvalue weighted by Gasteiger charge is 2.14. The van der Waals surface area contributed by atoms with E-state index in [4.69, 9.17) is 9.47 Å². The van der Waals surface area contributed by atoms with Gasteiger partial charge in [0.2, 0.25) is 0 Å². The van der Waals surface area contributed by atoms with E-state index < -0.39 is 12.1 Å². The molecule has 0 aliphatic heterocycles. The summed E-state index contributed by atoms with van der Waals surface area (Å²) in [4.78, 5) is 22.8. The molecule has 0 saturated carbocycles. The van der Waals surface area contributed by atoms with Crippen LogP contribution in [0.3, 0.4) is 0 Å². The summed E-state index contributed by atoms with van der Waals surface area (Å²) in [6.45, 7) is 7.79. The summed E-state index contributed by atoms with van der Waals surface area (Å²) in [5.41, 5.74) is 0.872. The molecule has 1 aromatic heterocycles. The average molecular weight is 271 g/mol. The molecule has 0 spiro atoms. The Morgan fingerprint density at radius 2 is 2.39 bits per heavy atom. The van der Waals surface area contributed by atoms with Gasteiger partial charge in [0.25, 0.3) is 0 Å². The molecule has 0 aliphatic rings. The highest BCUT2D eigenvalue weighted by Crippen LogP contribution is 2.00. The zero-order valence-corrected chi connectivity index (χ0v) is 11.4. The maximum absolute atomic E-state index is 11.5.